The molecular weight excluding hydrogens is 292 g/mol. The number of hydrogen-bond acceptors (Lipinski definition) is 4. The van der Waals surface area contributed by atoms with Crippen LogP contribution in [-0.4, -0.2) is 13.1 Å². The number of para-hydroxylation sites is 1. The van der Waals surface area contributed by atoms with Crippen molar-refractivity contribution >= 4 is 16.9 Å². The Morgan fingerprint density at radius 2 is 1.83 bits per heavy atom. The van der Waals surface area contributed by atoms with E-state index in [1.807, 2.05) is 36.4 Å². The summed E-state index contributed by atoms with van der Waals surface area (Å²) in [5.74, 6) is 0.168. The minimum Gasteiger partial charge on any atom is -0.449 e. The molecule has 0 unspecified atom stereocenters. The number of carbonyl (C=O) groups is 1. The van der Waals surface area contributed by atoms with E-state index in [2.05, 4.69) is 6.92 Å². The topological polar surface area (TPSA) is 48.7 Å². The van der Waals surface area contributed by atoms with E-state index >= 15 is 0 Å². The molecule has 0 saturated heterocycles. The molecule has 0 aliphatic carbocycles. The summed E-state index contributed by atoms with van der Waals surface area (Å²) in [5, 5.41) is 0.864. The van der Waals surface area contributed by atoms with Crippen LogP contribution in [0.25, 0.3) is 11.0 Å². The third-order valence-corrected chi connectivity index (χ3v) is 3.71. The van der Waals surface area contributed by atoms with Crippen molar-refractivity contribution in [2.75, 3.05) is 7.11 Å². The molecule has 4 heteroatoms. The second kappa shape index (κ2) is 6.67. The van der Waals surface area contributed by atoms with E-state index in [9.17, 15) is 4.79 Å². The van der Waals surface area contributed by atoms with E-state index in [1.165, 1.54) is 5.56 Å². The Hall–Kier alpha value is -2.59. The summed E-state index contributed by atoms with van der Waals surface area (Å²) in [6, 6.07) is 14.9. The maximum Gasteiger partial charge on any atom is 0.380 e. The van der Waals surface area contributed by atoms with Gasteiger partial charge in [-0.3, -0.25) is 0 Å². The first kappa shape index (κ1) is 15.3. The van der Waals surface area contributed by atoms with Gasteiger partial charge in [0.25, 0.3) is 0 Å². The van der Waals surface area contributed by atoms with E-state index in [0.29, 0.717) is 16.9 Å². The van der Waals surface area contributed by atoms with Gasteiger partial charge < -0.3 is 13.9 Å². The van der Waals surface area contributed by atoms with Crippen molar-refractivity contribution in [3.05, 3.63) is 65.4 Å². The number of hydrogen-bond donors (Lipinski definition) is 0. The fourth-order valence-electron chi connectivity index (χ4n) is 2.50. The molecule has 0 amide bonds. The standard InChI is InChI=1S/C19H18O4/c1-3-13-8-10-14(11-9-13)22-19(20)18-16(12-21-2)15-6-4-5-7-17(15)23-18/h4-11H,3,12H2,1-2H3. The van der Waals surface area contributed by atoms with Gasteiger partial charge >= 0.3 is 5.97 Å². The van der Waals surface area contributed by atoms with Crippen molar-refractivity contribution < 1.29 is 18.7 Å². The molecule has 3 aromatic rings. The average Bonchev–Trinajstić information content (AvgIpc) is 2.95. The molecule has 0 radical (unpaired) electrons. The molecule has 0 aliphatic rings. The summed E-state index contributed by atoms with van der Waals surface area (Å²) in [6.07, 6.45) is 0.940. The second-order valence-electron chi connectivity index (χ2n) is 5.23. The highest BCUT2D eigenvalue weighted by Crippen LogP contribution is 2.27. The van der Waals surface area contributed by atoms with E-state index in [0.717, 1.165) is 11.8 Å². The Balaban J connectivity index is 1.91. The Labute approximate surface area is 134 Å². The SMILES string of the molecule is CCc1ccc(OC(=O)c2oc3ccccc3c2COC)cc1. The number of aryl methyl sites for hydroxylation is 1. The lowest BCUT2D eigenvalue weighted by Gasteiger charge is -2.05. The fraction of sp³-hybridized carbons (Fsp3) is 0.211. The van der Waals surface area contributed by atoms with Crippen molar-refractivity contribution in [2.24, 2.45) is 0 Å². The molecule has 0 bridgehead atoms. The molecule has 1 aromatic heterocycles. The highest BCUT2D eigenvalue weighted by Gasteiger charge is 2.22. The Kier molecular flexibility index (Phi) is 4.44. The van der Waals surface area contributed by atoms with Gasteiger partial charge in [0, 0.05) is 18.1 Å². The van der Waals surface area contributed by atoms with Crippen LogP contribution in [0.4, 0.5) is 0 Å². The van der Waals surface area contributed by atoms with Crippen LogP contribution in [0.5, 0.6) is 5.75 Å². The Morgan fingerprint density at radius 3 is 2.52 bits per heavy atom. The van der Waals surface area contributed by atoms with Crippen LogP contribution in [0.15, 0.2) is 52.9 Å². The van der Waals surface area contributed by atoms with E-state index in [-0.39, 0.29) is 12.4 Å². The molecule has 0 fully saturated rings. The monoisotopic (exact) mass is 310 g/mol. The number of ether oxygens (including phenoxy) is 2. The predicted octanol–water partition coefficient (Wildman–Crippen LogP) is 4.36. The molecule has 0 aliphatic heterocycles. The van der Waals surface area contributed by atoms with Crippen LogP contribution in [0.2, 0.25) is 0 Å². The highest BCUT2D eigenvalue weighted by molar-refractivity contribution is 5.97. The second-order valence-corrected chi connectivity index (χ2v) is 5.23. The predicted molar refractivity (Wildman–Crippen MR) is 87.7 cm³/mol. The average molecular weight is 310 g/mol. The number of fused-ring (bicyclic) bond motifs is 1. The number of carbonyl (C=O) groups excluding carboxylic acids is 1. The Bertz CT molecular complexity index is 815. The smallest absolute Gasteiger partial charge is 0.380 e. The number of furan rings is 1. The first-order valence-corrected chi connectivity index (χ1v) is 7.53. The highest BCUT2D eigenvalue weighted by atomic mass is 16.5. The summed E-state index contributed by atoms with van der Waals surface area (Å²) in [7, 11) is 1.58. The third-order valence-electron chi connectivity index (χ3n) is 3.71. The van der Waals surface area contributed by atoms with Crippen molar-refractivity contribution in [1.29, 1.82) is 0 Å². The molecule has 0 atom stereocenters. The third kappa shape index (κ3) is 3.12. The van der Waals surface area contributed by atoms with Gasteiger partial charge in [0.05, 0.1) is 6.61 Å². The summed E-state index contributed by atoms with van der Waals surface area (Å²) in [6.45, 7) is 2.36. The maximum atomic E-state index is 12.5. The zero-order chi connectivity index (χ0) is 16.2. The lowest BCUT2D eigenvalue weighted by Crippen LogP contribution is -2.10. The van der Waals surface area contributed by atoms with Crippen LogP contribution in [0, 0.1) is 0 Å². The van der Waals surface area contributed by atoms with Crippen molar-refractivity contribution in [3.8, 4) is 5.75 Å². The number of esters is 1. The van der Waals surface area contributed by atoms with Gasteiger partial charge in [0.1, 0.15) is 11.3 Å². The summed E-state index contributed by atoms with van der Waals surface area (Å²) in [5.41, 5.74) is 2.54. The molecule has 0 spiro atoms. The van der Waals surface area contributed by atoms with Crippen LogP contribution in [0.1, 0.15) is 28.6 Å². The zero-order valence-electron chi connectivity index (χ0n) is 13.2. The van der Waals surface area contributed by atoms with Gasteiger partial charge in [0.15, 0.2) is 0 Å². The molecule has 0 N–H and O–H groups in total. The zero-order valence-corrected chi connectivity index (χ0v) is 13.2. The summed E-state index contributed by atoms with van der Waals surface area (Å²) < 4.78 is 16.3. The number of methoxy groups -OCH3 is 1. The van der Waals surface area contributed by atoms with E-state index in [1.54, 1.807) is 19.2 Å². The minimum atomic E-state index is -0.516. The van der Waals surface area contributed by atoms with Gasteiger partial charge in [-0.2, -0.15) is 0 Å². The molecule has 23 heavy (non-hydrogen) atoms. The molecule has 3 rings (SSSR count). The van der Waals surface area contributed by atoms with Gasteiger partial charge in [-0.1, -0.05) is 37.3 Å². The van der Waals surface area contributed by atoms with E-state index in [4.69, 9.17) is 13.9 Å². The molecule has 0 saturated carbocycles. The summed E-state index contributed by atoms with van der Waals surface area (Å²) >= 11 is 0. The van der Waals surface area contributed by atoms with Crippen LogP contribution in [0.3, 0.4) is 0 Å². The number of benzene rings is 2. The van der Waals surface area contributed by atoms with Crippen LogP contribution < -0.4 is 4.74 Å². The Morgan fingerprint density at radius 1 is 1.09 bits per heavy atom. The molecule has 1 heterocycles. The van der Waals surface area contributed by atoms with E-state index < -0.39 is 5.97 Å². The van der Waals surface area contributed by atoms with Gasteiger partial charge in [-0.25, -0.2) is 4.79 Å². The quantitative estimate of drug-likeness (QED) is 0.519. The van der Waals surface area contributed by atoms with Gasteiger partial charge in [-0.15, -0.1) is 0 Å². The normalized spacial score (nSPS) is 10.9. The van der Waals surface area contributed by atoms with Crippen molar-refractivity contribution in [3.63, 3.8) is 0 Å². The first-order chi connectivity index (χ1) is 11.2. The maximum absolute atomic E-state index is 12.5. The van der Waals surface area contributed by atoms with Gasteiger partial charge in [0.2, 0.25) is 5.76 Å². The van der Waals surface area contributed by atoms with Gasteiger partial charge in [-0.05, 0) is 30.2 Å². The van der Waals surface area contributed by atoms with Crippen LogP contribution >= 0.6 is 0 Å². The largest absolute Gasteiger partial charge is 0.449 e. The van der Waals surface area contributed by atoms with Crippen molar-refractivity contribution in [1.82, 2.24) is 0 Å². The lowest BCUT2D eigenvalue weighted by molar-refractivity contribution is 0.0697. The lowest BCUT2D eigenvalue weighted by atomic mass is 10.1. The molecule has 118 valence electrons. The fourth-order valence-corrected chi connectivity index (χ4v) is 2.50. The molecule has 2 aromatic carbocycles. The molecular formula is C19H18O4. The van der Waals surface area contributed by atoms with Crippen molar-refractivity contribution in [2.45, 2.75) is 20.0 Å². The van der Waals surface area contributed by atoms with Crippen LogP contribution in [-0.2, 0) is 17.8 Å². The minimum absolute atomic E-state index is 0.188. The first-order valence-electron chi connectivity index (χ1n) is 7.53. The molecule has 4 nitrogen and oxygen atoms in total. The summed E-state index contributed by atoms with van der Waals surface area (Å²) in [4.78, 5) is 12.5. The number of rotatable bonds is 5.